The van der Waals surface area contributed by atoms with Crippen LogP contribution in [0.1, 0.15) is 0 Å². The van der Waals surface area contributed by atoms with Gasteiger partial charge in [0.2, 0.25) is 0 Å². The van der Waals surface area contributed by atoms with E-state index in [0.717, 1.165) is 0 Å². The Kier molecular flexibility index (Phi) is 10.3. The SMILES string of the molecule is C[Si](C)(C)[Si]([Si](=[Ge])[Si](C)(C)C)[Si](C)(C)C.C[Si](C)C. The Labute approximate surface area is 138 Å². The van der Waals surface area contributed by atoms with Crippen molar-refractivity contribution >= 4 is 60.2 Å². The second kappa shape index (κ2) is 8.47. The molecule has 0 unspecified atom stereocenters. The van der Waals surface area contributed by atoms with Crippen molar-refractivity contribution in [2.45, 2.75) is 78.6 Å². The van der Waals surface area contributed by atoms with Gasteiger partial charge in [-0.15, -0.1) is 0 Å². The van der Waals surface area contributed by atoms with Crippen LogP contribution in [0.5, 0.6) is 0 Å². The maximum atomic E-state index is 2.70. The second-order valence-corrected chi connectivity index (χ2v) is 63.4. The van der Waals surface area contributed by atoms with Crippen molar-refractivity contribution in [2.24, 2.45) is 0 Å². The van der Waals surface area contributed by atoms with Gasteiger partial charge in [0.25, 0.3) is 0 Å². The van der Waals surface area contributed by atoms with E-state index in [0.29, 0.717) is 0 Å². The van der Waals surface area contributed by atoms with E-state index >= 15 is 0 Å². The molecule has 0 aliphatic carbocycles. The van der Waals surface area contributed by atoms with Crippen LogP contribution < -0.4 is 0 Å². The van der Waals surface area contributed by atoms with Gasteiger partial charge in [-0.2, -0.15) is 0 Å². The van der Waals surface area contributed by atoms with Gasteiger partial charge in [0.1, 0.15) is 0 Å². The third-order valence-corrected chi connectivity index (χ3v) is 95.8. The van der Waals surface area contributed by atoms with E-state index in [4.69, 9.17) is 0 Å². The van der Waals surface area contributed by atoms with E-state index in [9.17, 15) is 0 Å². The van der Waals surface area contributed by atoms with Crippen molar-refractivity contribution in [3.8, 4) is 0 Å². The Hall–Kier alpha value is 1.84. The molecular formula is C12H36GeSi6. The van der Waals surface area contributed by atoms with Crippen molar-refractivity contribution in [3.63, 3.8) is 0 Å². The van der Waals surface area contributed by atoms with Crippen LogP contribution in [0.25, 0.3) is 0 Å². The first-order valence-electron chi connectivity index (χ1n) is 7.25. The molecule has 7 heteroatoms. The van der Waals surface area contributed by atoms with E-state index in [2.05, 4.69) is 93.9 Å². The molecule has 112 valence electrons. The first kappa shape index (κ1) is 23.1. The minimum Gasteiger partial charge on any atom is -0.0715 e. The Balaban J connectivity index is 0. The van der Waals surface area contributed by atoms with Crippen LogP contribution in [0.3, 0.4) is 0 Å². The molecule has 0 amide bonds. The van der Waals surface area contributed by atoms with Crippen molar-refractivity contribution in [2.75, 3.05) is 0 Å². The monoisotopic (exact) mass is 422 g/mol. The molecule has 0 rings (SSSR count). The minimum absolute atomic E-state index is 0.00592. The Bertz CT molecular complexity index is 265. The molecule has 0 atom stereocenters. The summed E-state index contributed by atoms with van der Waals surface area (Å²) in [6.07, 6.45) is 0. The molecular weight excluding hydrogens is 385 g/mol. The maximum absolute atomic E-state index is 2.70. The predicted molar refractivity (Wildman–Crippen MR) is 111 cm³/mol. The summed E-state index contributed by atoms with van der Waals surface area (Å²) in [6, 6.07) is 0. The molecule has 0 aromatic heterocycles. The predicted octanol–water partition coefficient (Wildman–Crippen LogP) is 4.34. The fourth-order valence-electron chi connectivity index (χ4n) is 2.25. The van der Waals surface area contributed by atoms with Gasteiger partial charge < -0.3 is 0 Å². The zero-order chi connectivity index (χ0) is 16.2. The molecule has 0 nitrogen and oxygen atoms in total. The standard InChI is InChI=1S/C9H27GeSi5.C3H9Si/c1-13(2,3)11(10)12(14(4,5)6)15(7,8)9;1-4(2)3/h1-9H3;1-3H3. The summed E-state index contributed by atoms with van der Waals surface area (Å²) < 4.78 is 0. The molecule has 4 radical (unpaired) electrons. The largest absolute Gasteiger partial charge is 0.0715 e. The second-order valence-electron chi connectivity index (χ2n) is 9.00. The van der Waals surface area contributed by atoms with Gasteiger partial charge in [0.15, 0.2) is 0 Å². The zero-order valence-corrected chi connectivity index (χ0v) is 23.6. The van der Waals surface area contributed by atoms with Gasteiger partial charge in [-0.25, -0.2) is 0 Å². The molecule has 0 heterocycles. The van der Waals surface area contributed by atoms with E-state index in [-0.39, 0.29) is 22.0 Å². The van der Waals surface area contributed by atoms with E-state index in [1.807, 2.05) is 0 Å². The van der Waals surface area contributed by atoms with Gasteiger partial charge in [-0.1, -0.05) is 19.6 Å². The average molecular weight is 422 g/mol. The van der Waals surface area contributed by atoms with Gasteiger partial charge in [0.05, 0.1) is 0 Å². The molecule has 0 fully saturated rings. The van der Waals surface area contributed by atoms with Crippen molar-refractivity contribution in [1.29, 1.82) is 0 Å². The summed E-state index contributed by atoms with van der Waals surface area (Å²) in [6.45, 7) is 30.5. The van der Waals surface area contributed by atoms with Crippen LogP contribution >= 0.6 is 0 Å². The van der Waals surface area contributed by atoms with E-state index < -0.39 is 22.8 Å². The van der Waals surface area contributed by atoms with Gasteiger partial charge in [-0.05, 0) is 0 Å². The number of hydrogen-bond donors (Lipinski definition) is 0. The molecule has 0 aromatic carbocycles. The van der Waals surface area contributed by atoms with Gasteiger partial charge >= 0.3 is 110 Å². The van der Waals surface area contributed by atoms with Crippen molar-refractivity contribution < 1.29 is 0 Å². The first-order chi connectivity index (χ1) is 8.01. The van der Waals surface area contributed by atoms with Crippen molar-refractivity contribution in [3.05, 3.63) is 0 Å². The Morgan fingerprint density at radius 2 is 0.789 bits per heavy atom. The number of hydrogen-bond acceptors (Lipinski definition) is 0. The van der Waals surface area contributed by atoms with Crippen LogP contribution in [-0.4, -0.2) is 60.2 Å². The molecule has 0 spiro atoms. The normalized spacial score (nSPS) is 13.4. The van der Waals surface area contributed by atoms with Crippen LogP contribution in [0.4, 0.5) is 0 Å². The summed E-state index contributed by atoms with van der Waals surface area (Å²) in [5.74, 6) is 0.00592. The molecule has 0 saturated carbocycles. The van der Waals surface area contributed by atoms with Gasteiger partial charge in [0, 0.05) is 8.80 Å². The van der Waals surface area contributed by atoms with E-state index in [1.165, 1.54) is 0 Å². The topological polar surface area (TPSA) is 0 Å². The molecule has 0 aliphatic rings. The number of rotatable bonds is 4. The third-order valence-electron chi connectivity index (χ3n) is 2.50. The zero-order valence-electron chi connectivity index (χ0n) is 15.5. The van der Waals surface area contributed by atoms with Gasteiger partial charge in [-0.3, -0.25) is 0 Å². The van der Waals surface area contributed by atoms with Crippen LogP contribution in [0, 0.1) is 0 Å². The third kappa shape index (κ3) is 11.1. The average Bonchev–Trinajstić information content (AvgIpc) is 1.93. The molecule has 0 bridgehead atoms. The summed E-state index contributed by atoms with van der Waals surface area (Å²) >= 11 is 2.70. The quantitative estimate of drug-likeness (QED) is 0.593. The molecule has 0 saturated heterocycles. The fraction of sp³-hybridized carbons (Fsp3) is 1.00. The fourth-order valence-corrected chi connectivity index (χ4v) is 144. The summed E-state index contributed by atoms with van der Waals surface area (Å²) in [5, 5.41) is 0. The Morgan fingerprint density at radius 1 is 0.579 bits per heavy atom. The molecule has 0 aliphatic heterocycles. The maximum Gasteiger partial charge on any atom is 0.0379 e. The van der Waals surface area contributed by atoms with Crippen LogP contribution in [0.2, 0.25) is 78.6 Å². The Morgan fingerprint density at radius 3 is 0.842 bits per heavy atom. The first-order valence-corrected chi connectivity index (χ1v) is 30.9. The molecule has 19 heavy (non-hydrogen) atoms. The smallest absolute Gasteiger partial charge is 0.0379 e. The summed E-state index contributed by atoms with van der Waals surface area (Å²) in [5.41, 5.74) is 0. The molecule has 0 aromatic rings. The summed E-state index contributed by atoms with van der Waals surface area (Å²) in [7, 11) is -2.38. The minimum atomic E-state index is -0.851. The van der Waals surface area contributed by atoms with Crippen molar-refractivity contribution in [1.82, 2.24) is 0 Å². The van der Waals surface area contributed by atoms with E-state index in [1.54, 1.807) is 0 Å². The molecule has 0 N–H and O–H groups in total. The van der Waals surface area contributed by atoms with Crippen LogP contribution in [0.15, 0.2) is 0 Å². The van der Waals surface area contributed by atoms with Crippen LogP contribution in [-0.2, 0) is 0 Å². The summed E-state index contributed by atoms with van der Waals surface area (Å²) in [4.78, 5) is 0.